The summed E-state index contributed by atoms with van der Waals surface area (Å²) in [5.41, 5.74) is 6.20. The van der Waals surface area contributed by atoms with E-state index < -0.39 is 42.1 Å². The normalized spacial score (nSPS) is 13.2. The van der Waals surface area contributed by atoms with Crippen LogP contribution < -0.4 is 27.0 Å². The van der Waals surface area contributed by atoms with Gasteiger partial charge in [0.25, 0.3) is 11.8 Å². The molecule has 0 aromatic heterocycles. The highest BCUT2D eigenvalue weighted by Crippen LogP contribution is 2.14. The molecule has 1 aliphatic heterocycles. The first-order valence-electron chi connectivity index (χ1n) is 17.4. The fourth-order valence-corrected chi connectivity index (χ4v) is 5.02. The van der Waals surface area contributed by atoms with Crippen LogP contribution in [0.2, 0.25) is 0 Å². The van der Waals surface area contributed by atoms with Gasteiger partial charge in [0, 0.05) is 64.5 Å². The number of anilines is 1. The Balaban J connectivity index is 1.93. The first-order valence-corrected chi connectivity index (χ1v) is 17.4. The summed E-state index contributed by atoms with van der Waals surface area (Å²) >= 11 is 0. The van der Waals surface area contributed by atoms with E-state index in [1.54, 1.807) is 45.2 Å². The summed E-state index contributed by atoms with van der Waals surface area (Å²) in [6, 6.07) is 3.84. The van der Waals surface area contributed by atoms with Gasteiger partial charge in [-0.15, -0.1) is 0 Å². The lowest BCUT2D eigenvalue weighted by atomic mass is 10.0. The highest BCUT2D eigenvalue weighted by molar-refractivity contribution is 6.12. The number of unbranched alkanes of at least 4 members (excludes halogenated alkanes) is 2. The van der Waals surface area contributed by atoms with Gasteiger partial charge < -0.3 is 46.3 Å². The van der Waals surface area contributed by atoms with E-state index >= 15 is 0 Å². The Morgan fingerprint density at radius 2 is 1.45 bits per heavy atom. The van der Waals surface area contributed by atoms with Gasteiger partial charge in [0.15, 0.2) is 0 Å². The number of imide groups is 1. The minimum absolute atomic E-state index is 0.0452. The molecule has 18 nitrogen and oxygen atoms in total. The second-order valence-corrected chi connectivity index (χ2v) is 12.8. The molecule has 1 aliphatic rings. The van der Waals surface area contributed by atoms with Gasteiger partial charge in [-0.25, -0.2) is 14.4 Å². The molecule has 18 heteroatoms. The Labute approximate surface area is 309 Å². The van der Waals surface area contributed by atoms with Crippen LogP contribution in [0.1, 0.15) is 57.9 Å². The Hall–Kier alpha value is -5.68. The van der Waals surface area contributed by atoms with E-state index in [0.29, 0.717) is 36.9 Å². The summed E-state index contributed by atoms with van der Waals surface area (Å²) in [5.74, 6) is -2.48. The lowest BCUT2D eigenvalue weighted by Gasteiger charge is -2.25. The van der Waals surface area contributed by atoms with Crippen molar-refractivity contribution in [2.75, 3.05) is 52.7 Å². The number of nitrogens with zero attached hydrogens (tertiary/aromatic N) is 3. The number of methoxy groups -OCH3 is 1. The third-order valence-corrected chi connectivity index (χ3v) is 8.21. The molecule has 1 heterocycles. The van der Waals surface area contributed by atoms with Crippen molar-refractivity contribution in [2.24, 2.45) is 11.7 Å². The van der Waals surface area contributed by atoms with Crippen molar-refractivity contribution < 1.29 is 47.8 Å². The molecule has 53 heavy (non-hydrogen) atoms. The van der Waals surface area contributed by atoms with Crippen LogP contribution in [-0.2, 0) is 40.1 Å². The van der Waals surface area contributed by atoms with Crippen LogP contribution in [0.25, 0.3) is 0 Å². The van der Waals surface area contributed by atoms with Crippen LogP contribution in [0, 0.1) is 5.92 Å². The second-order valence-electron chi connectivity index (χ2n) is 12.8. The molecule has 2 rings (SSSR count). The summed E-state index contributed by atoms with van der Waals surface area (Å²) in [7, 11) is 4.35. The van der Waals surface area contributed by atoms with Crippen LogP contribution in [0.15, 0.2) is 36.4 Å². The standard InChI is InChI=1S/C35H52N8O10/c1-23(2)30(40-27(44)11-7-6-8-19-43-28(45)16-17-29(43)46)32(48)39-26(10-9-18-37-33(36)49)31(47)38-25-14-12-24(13-15-25)22-53-35(51)42(4)21-20-41(3)34(50)52-5/h12-17,23,26,30H,6-11,18-22H2,1-5H3,(H,38,47)(H,39,48)(H,40,44)(H3,36,37,49)/t26-,30-/m1/s1. The molecule has 0 saturated heterocycles. The smallest absolute Gasteiger partial charge is 0.409 e. The zero-order valence-corrected chi connectivity index (χ0v) is 31.0. The zero-order valence-electron chi connectivity index (χ0n) is 31.0. The molecule has 0 aliphatic carbocycles. The first kappa shape index (κ1) is 43.5. The summed E-state index contributed by atoms with van der Waals surface area (Å²) < 4.78 is 9.96. The molecule has 0 unspecified atom stereocenters. The Bertz CT molecular complexity index is 1470. The average molecular weight is 745 g/mol. The van der Waals surface area contributed by atoms with Gasteiger partial charge in [-0.2, -0.15) is 0 Å². The largest absolute Gasteiger partial charge is 0.453 e. The topological polar surface area (TPSA) is 239 Å². The molecule has 6 N–H and O–H groups in total. The Morgan fingerprint density at radius 3 is 2.04 bits per heavy atom. The van der Waals surface area contributed by atoms with E-state index in [4.69, 9.17) is 10.5 Å². The molecule has 1 aromatic rings. The number of nitrogens with two attached hydrogens (primary N) is 1. The second kappa shape index (κ2) is 22.3. The summed E-state index contributed by atoms with van der Waals surface area (Å²) in [5, 5.41) is 10.7. The molecule has 2 atom stereocenters. The van der Waals surface area contributed by atoms with Gasteiger partial charge in [-0.05, 0) is 49.3 Å². The fraction of sp³-hybridized carbons (Fsp3) is 0.543. The number of carbonyl (C=O) groups excluding carboxylic acids is 8. The summed E-state index contributed by atoms with van der Waals surface area (Å²) in [6.07, 6.45) is 3.51. The number of benzene rings is 1. The van der Waals surface area contributed by atoms with E-state index in [1.807, 2.05) is 0 Å². The van der Waals surface area contributed by atoms with Crippen LogP contribution in [0.5, 0.6) is 0 Å². The minimum atomic E-state index is -1.03. The van der Waals surface area contributed by atoms with Gasteiger partial charge in [-0.3, -0.25) is 28.9 Å². The quantitative estimate of drug-likeness (QED) is 0.0897. The zero-order chi connectivity index (χ0) is 39.5. The lowest BCUT2D eigenvalue weighted by Crippen LogP contribution is -2.54. The summed E-state index contributed by atoms with van der Waals surface area (Å²) in [4.78, 5) is 102. The van der Waals surface area contributed by atoms with Crippen molar-refractivity contribution in [1.82, 2.24) is 30.7 Å². The third kappa shape index (κ3) is 15.6. The number of amides is 9. The van der Waals surface area contributed by atoms with Gasteiger partial charge in [0.05, 0.1) is 7.11 Å². The molecule has 0 radical (unpaired) electrons. The van der Waals surface area contributed by atoms with E-state index in [1.165, 1.54) is 36.1 Å². The highest BCUT2D eigenvalue weighted by atomic mass is 16.6. The maximum absolute atomic E-state index is 13.4. The first-order chi connectivity index (χ1) is 25.1. The molecule has 0 bridgehead atoms. The predicted octanol–water partition coefficient (Wildman–Crippen LogP) is 1.45. The van der Waals surface area contributed by atoms with Crippen molar-refractivity contribution >= 4 is 53.4 Å². The monoisotopic (exact) mass is 744 g/mol. The summed E-state index contributed by atoms with van der Waals surface area (Å²) in [6.45, 7) is 4.38. The maximum Gasteiger partial charge on any atom is 0.409 e. The van der Waals surface area contributed by atoms with Gasteiger partial charge >= 0.3 is 18.2 Å². The van der Waals surface area contributed by atoms with Gasteiger partial charge in [0.1, 0.15) is 18.7 Å². The van der Waals surface area contributed by atoms with Gasteiger partial charge in [-0.1, -0.05) is 32.4 Å². The number of hydrogen-bond donors (Lipinski definition) is 5. The molecule has 0 saturated carbocycles. The van der Waals surface area contributed by atoms with Crippen molar-refractivity contribution in [3.8, 4) is 0 Å². The number of primary amides is 1. The Kier molecular flexibility index (Phi) is 18.3. The van der Waals surface area contributed by atoms with Crippen molar-refractivity contribution in [1.29, 1.82) is 0 Å². The van der Waals surface area contributed by atoms with Crippen LogP contribution in [0.3, 0.4) is 0 Å². The number of ether oxygens (including phenoxy) is 2. The van der Waals surface area contributed by atoms with Crippen LogP contribution in [-0.4, -0.2) is 122 Å². The molecule has 1 aromatic carbocycles. The molecule has 292 valence electrons. The number of rotatable bonds is 21. The highest BCUT2D eigenvalue weighted by Gasteiger charge is 2.29. The molecule has 0 fully saturated rings. The predicted molar refractivity (Wildman–Crippen MR) is 193 cm³/mol. The number of likely N-dealkylation sites (N-methyl/N-ethyl adjacent to an activating group) is 2. The van der Waals surface area contributed by atoms with E-state index in [-0.39, 0.29) is 69.3 Å². The third-order valence-electron chi connectivity index (χ3n) is 8.21. The lowest BCUT2D eigenvalue weighted by molar-refractivity contribution is -0.137. The van der Waals surface area contributed by atoms with E-state index in [2.05, 4.69) is 26.0 Å². The van der Waals surface area contributed by atoms with Crippen molar-refractivity contribution in [2.45, 2.75) is 71.1 Å². The van der Waals surface area contributed by atoms with Crippen molar-refractivity contribution in [3.63, 3.8) is 0 Å². The molecular formula is C35H52N8O10. The molecule has 9 amide bonds. The number of hydrogen-bond acceptors (Lipinski definition) is 10. The number of urea groups is 1. The fourth-order valence-electron chi connectivity index (χ4n) is 5.02. The van der Waals surface area contributed by atoms with Gasteiger partial charge in [0.2, 0.25) is 17.7 Å². The Morgan fingerprint density at radius 1 is 0.830 bits per heavy atom. The molecular weight excluding hydrogens is 692 g/mol. The SMILES string of the molecule is COC(=O)N(C)CCN(C)C(=O)OCc1ccc(NC(=O)[C@@H](CCCNC(N)=O)NC(=O)[C@H](NC(=O)CCCCCN2C(=O)C=CC2=O)C(C)C)cc1. The van der Waals surface area contributed by atoms with Crippen LogP contribution in [0.4, 0.5) is 20.1 Å². The number of nitrogens with one attached hydrogen (secondary N) is 4. The number of carbonyl (C=O) groups is 8. The minimum Gasteiger partial charge on any atom is -0.453 e. The van der Waals surface area contributed by atoms with Crippen molar-refractivity contribution in [3.05, 3.63) is 42.0 Å². The van der Waals surface area contributed by atoms with E-state index in [9.17, 15) is 38.4 Å². The molecule has 0 spiro atoms. The maximum atomic E-state index is 13.4. The van der Waals surface area contributed by atoms with Crippen LogP contribution >= 0.6 is 0 Å². The average Bonchev–Trinajstić information content (AvgIpc) is 3.44. The van der Waals surface area contributed by atoms with E-state index in [0.717, 1.165) is 4.90 Å².